The van der Waals surface area contributed by atoms with Crippen molar-refractivity contribution in [2.24, 2.45) is 0 Å². The van der Waals surface area contributed by atoms with E-state index in [1.165, 1.54) is 5.56 Å². The van der Waals surface area contributed by atoms with Crippen LogP contribution in [0.4, 0.5) is 0 Å². The first-order valence-electron chi connectivity index (χ1n) is 5.73. The molecular weight excluding hydrogens is 358 g/mol. The molecule has 18 heavy (non-hydrogen) atoms. The lowest BCUT2D eigenvalue weighted by atomic mass is 10.1. The van der Waals surface area contributed by atoms with Crippen LogP contribution in [0.3, 0.4) is 0 Å². The third-order valence-corrected chi connectivity index (χ3v) is 3.79. The van der Waals surface area contributed by atoms with E-state index in [-0.39, 0.29) is 5.56 Å². The molecule has 0 saturated carbocycles. The van der Waals surface area contributed by atoms with E-state index in [0.29, 0.717) is 11.0 Å². The minimum absolute atomic E-state index is 0.0160. The molecular formula is C14H13Br2NO. The van der Waals surface area contributed by atoms with E-state index in [1.807, 2.05) is 0 Å². The molecule has 1 heterocycles. The molecule has 0 unspecified atom stereocenters. The van der Waals surface area contributed by atoms with Crippen LogP contribution in [0, 0.1) is 0 Å². The van der Waals surface area contributed by atoms with Gasteiger partial charge in [0.2, 0.25) is 0 Å². The van der Waals surface area contributed by atoms with Gasteiger partial charge in [0.15, 0.2) is 0 Å². The van der Waals surface area contributed by atoms with Crippen molar-refractivity contribution in [1.29, 1.82) is 0 Å². The standard InChI is InChI=1S/C14H13Br2NO/c1-2-10-3-5-11(6-4-10)8-17-9-12(15)7-13(16)14(17)18/h3-7,9H,2,8H2,1H3. The van der Waals surface area contributed by atoms with Gasteiger partial charge in [-0.2, -0.15) is 0 Å². The summed E-state index contributed by atoms with van der Waals surface area (Å²) in [5.41, 5.74) is 2.42. The van der Waals surface area contributed by atoms with E-state index >= 15 is 0 Å². The highest BCUT2D eigenvalue weighted by molar-refractivity contribution is 9.11. The van der Waals surface area contributed by atoms with E-state index in [1.54, 1.807) is 16.8 Å². The van der Waals surface area contributed by atoms with Gasteiger partial charge in [-0.3, -0.25) is 4.79 Å². The quantitative estimate of drug-likeness (QED) is 0.800. The highest BCUT2D eigenvalue weighted by Crippen LogP contribution is 2.14. The summed E-state index contributed by atoms with van der Waals surface area (Å²) >= 11 is 6.66. The van der Waals surface area contributed by atoms with Crippen molar-refractivity contribution in [2.45, 2.75) is 19.9 Å². The number of halogens is 2. The molecule has 0 radical (unpaired) electrons. The van der Waals surface area contributed by atoms with Crippen LogP contribution in [0.25, 0.3) is 0 Å². The Hall–Kier alpha value is -0.870. The Morgan fingerprint density at radius 1 is 1.11 bits per heavy atom. The van der Waals surface area contributed by atoms with Crippen LogP contribution < -0.4 is 5.56 Å². The Kier molecular flexibility index (Phi) is 4.40. The second kappa shape index (κ2) is 5.85. The summed E-state index contributed by atoms with van der Waals surface area (Å²) in [5.74, 6) is 0. The van der Waals surface area contributed by atoms with Gasteiger partial charge < -0.3 is 4.57 Å². The topological polar surface area (TPSA) is 22.0 Å². The smallest absolute Gasteiger partial charge is 0.265 e. The average Bonchev–Trinajstić information content (AvgIpc) is 2.36. The summed E-state index contributed by atoms with van der Waals surface area (Å²) in [6.45, 7) is 2.71. The van der Waals surface area contributed by atoms with Crippen molar-refractivity contribution in [3.63, 3.8) is 0 Å². The maximum Gasteiger partial charge on any atom is 0.265 e. The lowest BCUT2D eigenvalue weighted by molar-refractivity contribution is 0.751. The van der Waals surface area contributed by atoms with Gasteiger partial charge in [-0.05, 0) is 55.5 Å². The van der Waals surface area contributed by atoms with E-state index in [2.05, 4.69) is 63.0 Å². The number of hydrogen-bond donors (Lipinski definition) is 0. The molecule has 0 fully saturated rings. The first kappa shape index (κ1) is 13.6. The van der Waals surface area contributed by atoms with E-state index in [0.717, 1.165) is 16.5 Å². The molecule has 1 aromatic heterocycles. The molecule has 2 aromatic rings. The molecule has 0 N–H and O–H groups in total. The number of nitrogens with zero attached hydrogens (tertiary/aromatic N) is 1. The zero-order valence-corrected chi connectivity index (χ0v) is 13.2. The van der Waals surface area contributed by atoms with Crippen LogP contribution >= 0.6 is 31.9 Å². The van der Waals surface area contributed by atoms with Crippen molar-refractivity contribution >= 4 is 31.9 Å². The summed E-state index contributed by atoms with van der Waals surface area (Å²) in [7, 11) is 0. The third-order valence-electron chi connectivity index (χ3n) is 2.79. The number of aromatic nitrogens is 1. The number of rotatable bonds is 3. The normalized spacial score (nSPS) is 10.6. The van der Waals surface area contributed by atoms with Crippen molar-refractivity contribution in [2.75, 3.05) is 0 Å². The zero-order chi connectivity index (χ0) is 13.1. The minimum atomic E-state index is -0.0160. The predicted molar refractivity (Wildman–Crippen MR) is 81.0 cm³/mol. The van der Waals surface area contributed by atoms with Crippen LogP contribution in [0.15, 0.2) is 50.3 Å². The monoisotopic (exact) mass is 369 g/mol. The lowest BCUT2D eigenvalue weighted by Gasteiger charge is -2.08. The van der Waals surface area contributed by atoms with Crippen molar-refractivity contribution in [3.05, 3.63) is 67.0 Å². The summed E-state index contributed by atoms with van der Waals surface area (Å²) in [6.07, 6.45) is 2.84. The molecule has 94 valence electrons. The maximum atomic E-state index is 11.9. The molecule has 0 bridgehead atoms. The summed E-state index contributed by atoms with van der Waals surface area (Å²) in [4.78, 5) is 11.9. The van der Waals surface area contributed by atoms with Gasteiger partial charge >= 0.3 is 0 Å². The fourth-order valence-corrected chi connectivity index (χ4v) is 3.02. The van der Waals surface area contributed by atoms with E-state index in [4.69, 9.17) is 0 Å². The van der Waals surface area contributed by atoms with Crippen LogP contribution in [-0.4, -0.2) is 4.57 Å². The Bertz CT molecular complexity index is 602. The number of pyridine rings is 1. The van der Waals surface area contributed by atoms with Crippen LogP contribution in [0.1, 0.15) is 18.1 Å². The molecule has 0 aliphatic carbocycles. The van der Waals surface area contributed by atoms with Crippen molar-refractivity contribution in [1.82, 2.24) is 4.57 Å². The van der Waals surface area contributed by atoms with Gasteiger partial charge in [-0.1, -0.05) is 31.2 Å². The lowest BCUT2D eigenvalue weighted by Crippen LogP contribution is -2.20. The molecule has 0 aliphatic rings. The molecule has 0 amide bonds. The molecule has 0 aliphatic heterocycles. The number of aryl methyl sites for hydroxylation is 1. The van der Waals surface area contributed by atoms with Gasteiger partial charge in [0.05, 0.1) is 11.0 Å². The highest BCUT2D eigenvalue weighted by atomic mass is 79.9. The van der Waals surface area contributed by atoms with Crippen LogP contribution in [-0.2, 0) is 13.0 Å². The minimum Gasteiger partial charge on any atom is -0.309 e. The molecule has 0 atom stereocenters. The van der Waals surface area contributed by atoms with Crippen molar-refractivity contribution in [3.8, 4) is 0 Å². The third kappa shape index (κ3) is 3.12. The van der Waals surface area contributed by atoms with Crippen molar-refractivity contribution < 1.29 is 0 Å². The van der Waals surface area contributed by atoms with Gasteiger partial charge in [0, 0.05) is 10.7 Å². The highest BCUT2D eigenvalue weighted by Gasteiger charge is 2.04. The van der Waals surface area contributed by atoms with Crippen LogP contribution in [0.2, 0.25) is 0 Å². The van der Waals surface area contributed by atoms with Gasteiger partial charge in [-0.15, -0.1) is 0 Å². The fourth-order valence-electron chi connectivity index (χ4n) is 1.76. The predicted octanol–water partition coefficient (Wildman–Crippen LogP) is 3.98. The second-order valence-corrected chi connectivity index (χ2v) is 5.88. The van der Waals surface area contributed by atoms with Gasteiger partial charge in [0.1, 0.15) is 0 Å². The Morgan fingerprint density at radius 2 is 1.72 bits per heavy atom. The fraction of sp³-hybridized carbons (Fsp3) is 0.214. The first-order valence-corrected chi connectivity index (χ1v) is 7.32. The van der Waals surface area contributed by atoms with Crippen LogP contribution in [0.5, 0.6) is 0 Å². The average molecular weight is 371 g/mol. The maximum absolute atomic E-state index is 11.9. The number of hydrogen-bond acceptors (Lipinski definition) is 1. The van der Waals surface area contributed by atoms with Gasteiger partial charge in [-0.25, -0.2) is 0 Å². The molecule has 2 rings (SSSR count). The Balaban J connectivity index is 2.31. The molecule has 0 spiro atoms. The van der Waals surface area contributed by atoms with E-state index in [9.17, 15) is 4.79 Å². The molecule has 1 aromatic carbocycles. The Labute approximate surface area is 123 Å². The van der Waals surface area contributed by atoms with E-state index < -0.39 is 0 Å². The zero-order valence-electron chi connectivity index (χ0n) is 9.99. The number of benzene rings is 1. The summed E-state index contributed by atoms with van der Waals surface area (Å²) in [6, 6.07) is 10.1. The molecule has 2 nitrogen and oxygen atoms in total. The Morgan fingerprint density at radius 3 is 2.33 bits per heavy atom. The molecule has 4 heteroatoms. The molecule has 0 saturated heterocycles. The first-order chi connectivity index (χ1) is 8.60. The largest absolute Gasteiger partial charge is 0.309 e. The SMILES string of the molecule is CCc1ccc(Cn2cc(Br)cc(Br)c2=O)cc1. The summed E-state index contributed by atoms with van der Waals surface area (Å²) < 4.78 is 3.15. The summed E-state index contributed by atoms with van der Waals surface area (Å²) in [5, 5.41) is 0. The second-order valence-electron chi connectivity index (χ2n) is 4.11. The van der Waals surface area contributed by atoms with Gasteiger partial charge in [0.25, 0.3) is 5.56 Å².